The molecule has 202 valence electrons. The molecule has 5 aromatic rings. The van der Waals surface area contributed by atoms with Crippen LogP contribution in [-0.4, -0.2) is 6.29 Å². The van der Waals surface area contributed by atoms with E-state index in [1.165, 1.54) is 55.4 Å². The Hall–Kier alpha value is -3.94. The fourth-order valence-electron chi connectivity index (χ4n) is 5.43. The molecule has 40 heavy (non-hydrogen) atoms. The SMILES string of the molecule is CC.Cc1cc2ccccc2c2c1Cc1c(C(C)(C)N=O)cc3ccccc3c1-2.O=CC=Cc1ccc(P)cc1. The van der Waals surface area contributed by atoms with E-state index in [9.17, 15) is 9.70 Å². The number of nitroso groups, excluding NO2 is 1. The third-order valence-electron chi connectivity index (χ3n) is 7.33. The summed E-state index contributed by atoms with van der Waals surface area (Å²) in [6.45, 7) is 10.0. The fraction of sp³-hybridized carbons (Fsp3) is 0.194. The van der Waals surface area contributed by atoms with Crippen molar-refractivity contribution in [2.45, 2.75) is 46.6 Å². The van der Waals surface area contributed by atoms with Crippen LogP contribution in [0.3, 0.4) is 0 Å². The molecule has 0 heterocycles. The molecule has 1 unspecified atom stereocenters. The first-order chi connectivity index (χ1) is 19.3. The van der Waals surface area contributed by atoms with Gasteiger partial charge in [0, 0.05) is 0 Å². The summed E-state index contributed by atoms with van der Waals surface area (Å²) < 4.78 is 0. The van der Waals surface area contributed by atoms with Crippen LogP contribution in [0.1, 0.15) is 55.5 Å². The van der Waals surface area contributed by atoms with E-state index in [4.69, 9.17) is 0 Å². The Balaban J connectivity index is 0.000000240. The van der Waals surface area contributed by atoms with Gasteiger partial charge in [-0.15, -0.1) is 14.1 Å². The normalized spacial score (nSPS) is 11.8. The Kier molecular flexibility index (Phi) is 9.07. The number of hydrogen-bond donors (Lipinski definition) is 0. The minimum atomic E-state index is -0.750. The van der Waals surface area contributed by atoms with Crippen LogP contribution in [-0.2, 0) is 16.8 Å². The number of allylic oxidation sites excluding steroid dienone is 1. The second kappa shape index (κ2) is 12.5. The number of carbonyl (C=O) groups is 1. The van der Waals surface area contributed by atoms with Gasteiger partial charge in [0.15, 0.2) is 0 Å². The highest BCUT2D eigenvalue weighted by molar-refractivity contribution is 7.27. The molecule has 0 aliphatic heterocycles. The van der Waals surface area contributed by atoms with Crippen LogP contribution in [0.2, 0.25) is 0 Å². The highest BCUT2D eigenvalue weighted by atomic mass is 31.0. The summed E-state index contributed by atoms with van der Waals surface area (Å²) in [6.07, 6.45) is 4.89. The van der Waals surface area contributed by atoms with Gasteiger partial charge in [-0.3, -0.25) is 4.79 Å². The Morgan fingerprint density at radius 1 is 0.800 bits per heavy atom. The Bertz CT molecular complexity index is 1720. The van der Waals surface area contributed by atoms with Crippen molar-refractivity contribution in [1.29, 1.82) is 0 Å². The van der Waals surface area contributed by atoms with Crippen molar-refractivity contribution in [3.05, 3.63) is 124 Å². The molecule has 1 aliphatic carbocycles. The van der Waals surface area contributed by atoms with Crippen molar-refractivity contribution < 1.29 is 4.79 Å². The van der Waals surface area contributed by atoms with Crippen LogP contribution in [0.4, 0.5) is 0 Å². The average molecular weight is 546 g/mol. The van der Waals surface area contributed by atoms with Gasteiger partial charge in [0.05, 0.1) is 0 Å². The highest BCUT2D eigenvalue weighted by Gasteiger charge is 2.33. The predicted octanol–water partition coefficient (Wildman–Crippen LogP) is 9.30. The lowest BCUT2D eigenvalue weighted by atomic mass is 9.85. The van der Waals surface area contributed by atoms with Crippen molar-refractivity contribution in [2.24, 2.45) is 5.18 Å². The number of fused-ring (bicyclic) bond motifs is 7. The Morgan fingerprint density at radius 3 is 1.93 bits per heavy atom. The largest absolute Gasteiger partial charge is 0.299 e. The molecule has 6 rings (SSSR count). The standard InChI is InChI=1S/C25H21NO.C9H9OP.C2H6/c1-15-12-16-8-4-6-10-18(16)23-20(15)14-21-22(25(2,3)26-27)13-17-9-5-7-11-19(17)24(21)23;10-7-1-2-8-3-5-9(11)6-4-8;1-2/h4-13H,14H2,1-3H3;1-7H,11H2;1-2H3. The second-order valence-corrected chi connectivity index (χ2v) is 10.9. The van der Waals surface area contributed by atoms with E-state index in [1.807, 2.05) is 52.0 Å². The molecular weight excluding hydrogens is 509 g/mol. The molecule has 1 atom stereocenters. The predicted molar refractivity (Wildman–Crippen MR) is 175 cm³/mol. The Morgan fingerprint density at radius 2 is 1.35 bits per heavy atom. The first-order valence-corrected chi connectivity index (χ1v) is 14.3. The molecule has 0 saturated heterocycles. The van der Waals surface area contributed by atoms with E-state index in [2.05, 4.69) is 82.0 Å². The summed E-state index contributed by atoms with van der Waals surface area (Å²) in [5.41, 5.74) is 7.91. The molecule has 0 bridgehead atoms. The molecular formula is C36H36NO2P. The van der Waals surface area contributed by atoms with E-state index < -0.39 is 5.54 Å². The monoisotopic (exact) mass is 545 g/mol. The van der Waals surface area contributed by atoms with Crippen molar-refractivity contribution >= 4 is 48.5 Å². The lowest BCUT2D eigenvalue weighted by Gasteiger charge is -2.21. The van der Waals surface area contributed by atoms with Gasteiger partial charge in [0.25, 0.3) is 0 Å². The molecule has 0 N–H and O–H groups in total. The van der Waals surface area contributed by atoms with E-state index in [0.717, 1.165) is 29.1 Å². The number of rotatable bonds is 4. The van der Waals surface area contributed by atoms with Crippen LogP contribution in [0.5, 0.6) is 0 Å². The van der Waals surface area contributed by atoms with E-state index in [1.54, 1.807) is 6.08 Å². The number of nitrogens with zero attached hydrogens (tertiary/aromatic N) is 1. The number of carbonyl (C=O) groups excluding carboxylic acids is 1. The fourth-order valence-corrected chi connectivity index (χ4v) is 5.63. The minimum Gasteiger partial charge on any atom is -0.299 e. The molecule has 4 heteroatoms. The lowest BCUT2D eigenvalue weighted by molar-refractivity contribution is -0.104. The van der Waals surface area contributed by atoms with Crippen LogP contribution in [0, 0.1) is 11.8 Å². The van der Waals surface area contributed by atoms with Crippen molar-refractivity contribution in [3.63, 3.8) is 0 Å². The molecule has 5 aromatic carbocycles. The van der Waals surface area contributed by atoms with Gasteiger partial charge in [-0.1, -0.05) is 104 Å². The topological polar surface area (TPSA) is 46.5 Å². The number of benzene rings is 5. The van der Waals surface area contributed by atoms with Gasteiger partial charge in [0.1, 0.15) is 11.8 Å². The molecule has 0 spiro atoms. The first-order valence-electron chi connectivity index (χ1n) is 13.7. The molecule has 3 nitrogen and oxygen atoms in total. The number of aldehydes is 1. The van der Waals surface area contributed by atoms with E-state index in [-0.39, 0.29) is 0 Å². The average Bonchev–Trinajstić information content (AvgIpc) is 3.40. The van der Waals surface area contributed by atoms with Crippen molar-refractivity contribution in [1.82, 2.24) is 0 Å². The molecule has 0 amide bonds. The van der Waals surface area contributed by atoms with Gasteiger partial charge >= 0.3 is 0 Å². The zero-order valence-electron chi connectivity index (χ0n) is 23.9. The summed E-state index contributed by atoms with van der Waals surface area (Å²) in [6, 6.07) is 29.4. The van der Waals surface area contributed by atoms with Gasteiger partial charge < -0.3 is 0 Å². The van der Waals surface area contributed by atoms with Gasteiger partial charge in [-0.05, 0) is 105 Å². The van der Waals surface area contributed by atoms with Gasteiger partial charge in [0.2, 0.25) is 0 Å². The van der Waals surface area contributed by atoms with Gasteiger partial charge in [-0.2, -0.15) is 0 Å². The zero-order valence-corrected chi connectivity index (χ0v) is 25.0. The molecule has 1 aliphatic rings. The minimum absolute atomic E-state index is 0.750. The summed E-state index contributed by atoms with van der Waals surface area (Å²) in [7, 11) is 2.61. The van der Waals surface area contributed by atoms with E-state index in [0.29, 0.717) is 0 Å². The summed E-state index contributed by atoms with van der Waals surface area (Å²) in [5.74, 6) is 0. The van der Waals surface area contributed by atoms with Crippen LogP contribution in [0.15, 0.2) is 96.2 Å². The molecule has 0 radical (unpaired) electrons. The summed E-state index contributed by atoms with van der Waals surface area (Å²) >= 11 is 0. The second-order valence-electron chi connectivity index (χ2n) is 10.3. The van der Waals surface area contributed by atoms with Crippen LogP contribution >= 0.6 is 9.24 Å². The van der Waals surface area contributed by atoms with Crippen molar-refractivity contribution in [2.75, 3.05) is 0 Å². The third-order valence-corrected chi connectivity index (χ3v) is 7.72. The molecule has 0 aromatic heterocycles. The first kappa shape index (κ1) is 29.1. The van der Waals surface area contributed by atoms with Crippen LogP contribution < -0.4 is 5.30 Å². The van der Waals surface area contributed by atoms with Gasteiger partial charge in [-0.25, -0.2) is 0 Å². The van der Waals surface area contributed by atoms with Crippen LogP contribution in [0.25, 0.3) is 38.7 Å². The molecule has 0 fully saturated rings. The lowest BCUT2D eigenvalue weighted by Crippen LogP contribution is -2.15. The maximum Gasteiger partial charge on any atom is 0.142 e. The van der Waals surface area contributed by atoms with Crippen molar-refractivity contribution in [3.8, 4) is 11.1 Å². The molecule has 0 saturated carbocycles. The smallest absolute Gasteiger partial charge is 0.142 e. The maximum atomic E-state index is 11.7. The third kappa shape index (κ3) is 5.67. The van der Waals surface area contributed by atoms with E-state index >= 15 is 0 Å². The highest BCUT2D eigenvalue weighted by Crippen LogP contribution is 2.49. The Labute approximate surface area is 239 Å². The number of aryl methyl sites for hydroxylation is 1. The zero-order chi connectivity index (χ0) is 28.9. The summed E-state index contributed by atoms with van der Waals surface area (Å²) in [5, 5.41) is 9.60. The maximum absolute atomic E-state index is 11.7. The summed E-state index contributed by atoms with van der Waals surface area (Å²) in [4.78, 5) is 21.6. The quantitative estimate of drug-likeness (QED) is 0.0959. The number of hydrogen-bond acceptors (Lipinski definition) is 3.